The van der Waals surface area contributed by atoms with Crippen LogP contribution in [0.3, 0.4) is 0 Å². The van der Waals surface area contributed by atoms with E-state index in [4.69, 9.17) is 4.98 Å². The number of thioether (sulfide) groups is 1. The van der Waals surface area contributed by atoms with Gasteiger partial charge in [0.15, 0.2) is 5.16 Å². The Kier molecular flexibility index (Phi) is 4.41. The molecule has 0 saturated heterocycles. The van der Waals surface area contributed by atoms with Crippen LogP contribution in [0.5, 0.6) is 0 Å². The Hall–Kier alpha value is -3.38. The second kappa shape index (κ2) is 7.22. The molecule has 0 aliphatic carbocycles. The van der Waals surface area contributed by atoms with Gasteiger partial charge < -0.3 is 0 Å². The van der Waals surface area contributed by atoms with Gasteiger partial charge in [0, 0.05) is 23.7 Å². The van der Waals surface area contributed by atoms with Gasteiger partial charge in [0.25, 0.3) is 5.56 Å². The number of nitrogens with zero attached hydrogens (tertiary/aromatic N) is 4. The monoisotopic (exact) mass is 398 g/mol. The van der Waals surface area contributed by atoms with Crippen molar-refractivity contribution in [1.29, 1.82) is 0 Å². The zero-order valence-electron chi connectivity index (χ0n) is 15.8. The van der Waals surface area contributed by atoms with Crippen LogP contribution in [0.15, 0.2) is 88.9 Å². The Morgan fingerprint density at radius 3 is 2.59 bits per heavy atom. The molecule has 0 saturated carbocycles. The average Bonchev–Trinajstić information content (AvgIpc) is 3.11. The molecule has 0 bridgehead atoms. The average molecular weight is 398 g/mol. The van der Waals surface area contributed by atoms with Crippen molar-refractivity contribution in [2.75, 3.05) is 0 Å². The lowest BCUT2D eigenvalue weighted by atomic mass is 10.3. The van der Waals surface area contributed by atoms with Crippen LogP contribution in [0.1, 0.15) is 11.3 Å². The Morgan fingerprint density at radius 1 is 0.931 bits per heavy atom. The van der Waals surface area contributed by atoms with Crippen LogP contribution >= 0.6 is 11.8 Å². The summed E-state index contributed by atoms with van der Waals surface area (Å²) in [5, 5.41) is 0.878. The minimum Gasteiger partial charge on any atom is -0.287 e. The minimum absolute atomic E-state index is 0.0674. The summed E-state index contributed by atoms with van der Waals surface area (Å²) in [7, 11) is 0. The first-order valence-corrected chi connectivity index (χ1v) is 10.3. The van der Waals surface area contributed by atoms with E-state index < -0.39 is 0 Å². The molecule has 5 rings (SSSR count). The lowest BCUT2D eigenvalue weighted by Crippen LogP contribution is -2.15. The first-order chi connectivity index (χ1) is 14.2. The summed E-state index contributed by atoms with van der Waals surface area (Å²) in [6, 6.07) is 23.7. The molecule has 5 nitrogen and oxygen atoms in total. The smallest absolute Gasteiger partial charge is 0.258 e. The predicted octanol–water partition coefficient (Wildman–Crippen LogP) is 4.63. The number of hydrogen-bond acceptors (Lipinski definition) is 4. The van der Waals surface area contributed by atoms with Crippen molar-refractivity contribution in [2.24, 2.45) is 0 Å². The molecule has 0 fully saturated rings. The van der Waals surface area contributed by atoms with Gasteiger partial charge in [-0.2, -0.15) is 0 Å². The van der Waals surface area contributed by atoms with Crippen molar-refractivity contribution in [3.63, 3.8) is 0 Å². The maximum absolute atomic E-state index is 12.4. The molecule has 0 unspecified atom stereocenters. The molecule has 142 valence electrons. The molecule has 0 N–H and O–H groups in total. The highest BCUT2D eigenvalue weighted by Gasteiger charge is 2.13. The molecular formula is C23H18N4OS. The van der Waals surface area contributed by atoms with Crippen LogP contribution in [0.2, 0.25) is 0 Å². The molecule has 2 aromatic carbocycles. The second-order valence-corrected chi connectivity index (χ2v) is 7.80. The molecule has 5 aromatic rings. The van der Waals surface area contributed by atoms with E-state index in [-0.39, 0.29) is 5.56 Å². The van der Waals surface area contributed by atoms with Crippen molar-refractivity contribution < 1.29 is 0 Å². The van der Waals surface area contributed by atoms with Gasteiger partial charge in [0.05, 0.1) is 16.7 Å². The van der Waals surface area contributed by atoms with Gasteiger partial charge in [-0.15, -0.1) is 0 Å². The van der Waals surface area contributed by atoms with Crippen LogP contribution in [0, 0.1) is 6.92 Å². The van der Waals surface area contributed by atoms with Gasteiger partial charge in [-0.3, -0.25) is 13.8 Å². The topological polar surface area (TPSA) is 52.2 Å². The zero-order chi connectivity index (χ0) is 19.8. The van der Waals surface area contributed by atoms with Crippen LogP contribution in [-0.4, -0.2) is 18.9 Å². The first kappa shape index (κ1) is 17.7. The van der Waals surface area contributed by atoms with E-state index in [2.05, 4.69) is 27.8 Å². The van der Waals surface area contributed by atoms with Gasteiger partial charge in [0.2, 0.25) is 0 Å². The summed E-state index contributed by atoms with van der Waals surface area (Å²) in [4.78, 5) is 21.9. The predicted molar refractivity (Wildman–Crippen MR) is 117 cm³/mol. The Balaban J connectivity index is 1.55. The van der Waals surface area contributed by atoms with E-state index in [9.17, 15) is 4.79 Å². The van der Waals surface area contributed by atoms with E-state index >= 15 is 0 Å². The van der Waals surface area contributed by atoms with Crippen molar-refractivity contribution in [1.82, 2.24) is 18.9 Å². The quantitative estimate of drug-likeness (QED) is 0.414. The van der Waals surface area contributed by atoms with E-state index in [1.54, 1.807) is 28.4 Å². The third-order valence-electron chi connectivity index (χ3n) is 4.77. The van der Waals surface area contributed by atoms with Crippen molar-refractivity contribution in [3.05, 3.63) is 101 Å². The number of hydrogen-bond donors (Lipinski definition) is 0. The molecule has 3 heterocycles. The zero-order valence-corrected chi connectivity index (χ0v) is 16.6. The number of aryl methyl sites for hydroxylation is 1. The normalized spacial score (nSPS) is 11.3. The number of fused-ring (bicyclic) bond motifs is 2. The van der Waals surface area contributed by atoms with Crippen molar-refractivity contribution in [2.45, 2.75) is 17.8 Å². The number of benzene rings is 2. The van der Waals surface area contributed by atoms with Crippen molar-refractivity contribution in [3.8, 4) is 5.69 Å². The summed E-state index contributed by atoms with van der Waals surface area (Å²) in [5.41, 5.74) is 5.49. The standard InChI is InChI=1S/C23H18N4OS/c1-16-11-12-26-21(13-16)24-17(14-22(26)28)15-29-23-25-19-9-5-6-10-20(19)27(23)18-7-3-2-4-8-18/h2-14H,15H2,1H3. The van der Waals surface area contributed by atoms with Gasteiger partial charge in [-0.25, -0.2) is 9.97 Å². The van der Waals surface area contributed by atoms with E-state index in [0.29, 0.717) is 11.4 Å². The molecule has 0 atom stereocenters. The molecule has 6 heteroatoms. The van der Waals surface area contributed by atoms with Crippen LogP contribution in [-0.2, 0) is 5.75 Å². The fourth-order valence-electron chi connectivity index (χ4n) is 3.39. The molecule has 0 aliphatic heterocycles. The number of pyridine rings is 1. The molecule has 0 spiro atoms. The van der Waals surface area contributed by atoms with E-state index in [0.717, 1.165) is 33.1 Å². The molecule has 0 aliphatic rings. The van der Waals surface area contributed by atoms with E-state index in [1.807, 2.05) is 55.5 Å². The lowest BCUT2D eigenvalue weighted by Gasteiger charge is -2.09. The molecule has 0 amide bonds. The highest BCUT2D eigenvalue weighted by molar-refractivity contribution is 7.98. The highest BCUT2D eigenvalue weighted by atomic mass is 32.2. The Morgan fingerprint density at radius 2 is 1.72 bits per heavy atom. The van der Waals surface area contributed by atoms with Crippen LogP contribution in [0.4, 0.5) is 0 Å². The van der Waals surface area contributed by atoms with Gasteiger partial charge in [0.1, 0.15) is 5.65 Å². The Labute approximate surface area is 171 Å². The number of aromatic nitrogens is 4. The van der Waals surface area contributed by atoms with Gasteiger partial charge >= 0.3 is 0 Å². The SMILES string of the molecule is Cc1ccn2c(=O)cc(CSc3nc4ccccc4n3-c3ccccc3)nc2c1. The van der Waals surface area contributed by atoms with E-state index in [1.165, 1.54) is 0 Å². The fraction of sp³-hybridized carbons (Fsp3) is 0.0870. The minimum atomic E-state index is -0.0674. The van der Waals surface area contributed by atoms with Crippen LogP contribution < -0.4 is 5.56 Å². The van der Waals surface area contributed by atoms with Gasteiger partial charge in [-0.1, -0.05) is 42.1 Å². The largest absolute Gasteiger partial charge is 0.287 e. The van der Waals surface area contributed by atoms with Crippen LogP contribution in [0.25, 0.3) is 22.4 Å². The lowest BCUT2D eigenvalue weighted by molar-refractivity contribution is 0.917. The molecule has 0 radical (unpaired) electrons. The Bertz CT molecular complexity index is 1390. The maximum atomic E-state index is 12.4. The number of para-hydroxylation sites is 3. The van der Waals surface area contributed by atoms with Gasteiger partial charge in [-0.05, 0) is 48.9 Å². The summed E-state index contributed by atoms with van der Waals surface area (Å²) in [6.45, 7) is 2.00. The number of rotatable bonds is 4. The molecule has 3 aromatic heterocycles. The molecule has 29 heavy (non-hydrogen) atoms. The summed E-state index contributed by atoms with van der Waals surface area (Å²) >= 11 is 1.58. The number of imidazole rings is 1. The summed E-state index contributed by atoms with van der Waals surface area (Å²) in [5.74, 6) is 0.565. The third kappa shape index (κ3) is 3.32. The molecular weight excluding hydrogens is 380 g/mol. The summed E-state index contributed by atoms with van der Waals surface area (Å²) < 4.78 is 3.72. The second-order valence-electron chi connectivity index (χ2n) is 6.86. The first-order valence-electron chi connectivity index (χ1n) is 9.34. The third-order valence-corrected chi connectivity index (χ3v) is 5.74. The van der Waals surface area contributed by atoms with Crippen molar-refractivity contribution >= 4 is 28.4 Å². The summed E-state index contributed by atoms with van der Waals surface area (Å²) in [6.07, 6.45) is 1.77. The maximum Gasteiger partial charge on any atom is 0.258 e. The fourth-order valence-corrected chi connectivity index (χ4v) is 4.31. The highest BCUT2D eigenvalue weighted by Crippen LogP contribution is 2.29.